The minimum Gasteiger partial charge on any atom is -0.390 e. The molecule has 0 radical (unpaired) electrons. The van der Waals surface area contributed by atoms with Crippen LogP contribution in [-0.4, -0.2) is 66.3 Å². The van der Waals surface area contributed by atoms with E-state index in [1.165, 1.54) is 0 Å². The lowest BCUT2D eigenvalue weighted by molar-refractivity contribution is -0.139. The van der Waals surface area contributed by atoms with E-state index in [0.29, 0.717) is 51.5 Å². The molecule has 2 aliphatic rings. The fourth-order valence-electron chi connectivity index (χ4n) is 3.61. The first-order valence-corrected chi connectivity index (χ1v) is 8.92. The second kappa shape index (κ2) is 8.43. The number of hydrogen-bond donors (Lipinski definition) is 1. The summed E-state index contributed by atoms with van der Waals surface area (Å²) in [5, 5.41) is 19.6. The zero-order valence-electron chi connectivity index (χ0n) is 14.4. The summed E-state index contributed by atoms with van der Waals surface area (Å²) in [6.07, 6.45) is 0.968. The van der Waals surface area contributed by atoms with Crippen molar-refractivity contribution in [3.8, 4) is 6.07 Å². The Kier molecular flexibility index (Phi) is 6.03. The molecule has 134 valence electrons. The summed E-state index contributed by atoms with van der Waals surface area (Å²) >= 11 is 0. The predicted octanol–water partition coefficient (Wildman–Crippen LogP) is 0.990. The van der Waals surface area contributed by atoms with Crippen molar-refractivity contribution in [2.75, 3.05) is 39.4 Å². The summed E-state index contributed by atoms with van der Waals surface area (Å²) in [4.78, 5) is 16.6. The molecule has 6 nitrogen and oxygen atoms in total. The molecule has 0 spiro atoms. The number of ether oxygens (including phenoxy) is 1. The molecule has 2 heterocycles. The number of carbonyl (C=O) groups is 1. The van der Waals surface area contributed by atoms with E-state index in [1.54, 1.807) is 4.90 Å². The number of aliphatic hydroxyl groups is 1. The van der Waals surface area contributed by atoms with E-state index >= 15 is 0 Å². The lowest BCUT2D eigenvalue weighted by atomic mass is 9.98. The molecule has 0 unspecified atom stereocenters. The lowest BCUT2D eigenvalue weighted by Crippen LogP contribution is -2.42. The maximum absolute atomic E-state index is 12.7. The van der Waals surface area contributed by atoms with E-state index in [4.69, 9.17) is 4.74 Å². The minimum absolute atomic E-state index is 0.0202. The number of aliphatic hydroxyl groups excluding tert-OH is 1. The maximum Gasteiger partial charge on any atom is 0.225 e. The highest BCUT2D eigenvalue weighted by atomic mass is 16.5. The first kappa shape index (κ1) is 17.9. The van der Waals surface area contributed by atoms with Crippen molar-refractivity contribution < 1.29 is 14.6 Å². The van der Waals surface area contributed by atoms with E-state index in [2.05, 4.69) is 11.0 Å². The molecule has 25 heavy (non-hydrogen) atoms. The molecule has 2 fully saturated rings. The Morgan fingerprint density at radius 2 is 2.00 bits per heavy atom. The van der Waals surface area contributed by atoms with Crippen LogP contribution in [0.2, 0.25) is 0 Å². The number of rotatable bonds is 3. The summed E-state index contributed by atoms with van der Waals surface area (Å²) in [5.41, 5.74) is 1.62. The molecule has 1 atom stereocenters. The van der Waals surface area contributed by atoms with E-state index in [0.717, 1.165) is 18.4 Å². The molecule has 2 saturated heterocycles. The number of nitrogens with zero attached hydrogens (tertiary/aromatic N) is 3. The van der Waals surface area contributed by atoms with Gasteiger partial charge in [-0.25, -0.2) is 0 Å². The third-order valence-corrected chi connectivity index (χ3v) is 5.00. The van der Waals surface area contributed by atoms with Gasteiger partial charge in [-0.3, -0.25) is 9.69 Å². The van der Waals surface area contributed by atoms with Gasteiger partial charge in [-0.2, -0.15) is 5.26 Å². The van der Waals surface area contributed by atoms with Crippen LogP contribution in [0.1, 0.15) is 24.0 Å². The summed E-state index contributed by atoms with van der Waals surface area (Å²) in [7, 11) is 0. The molecule has 1 amide bonds. The lowest BCUT2D eigenvalue weighted by Gasteiger charge is -2.29. The van der Waals surface area contributed by atoms with Gasteiger partial charge >= 0.3 is 0 Å². The molecule has 0 bridgehead atoms. The third kappa shape index (κ3) is 4.57. The molecule has 3 rings (SSSR count). The van der Waals surface area contributed by atoms with Crippen molar-refractivity contribution in [1.29, 1.82) is 5.26 Å². The summed E-state index contributed by atoms with van der Waals surface area (Å²) in [6, 6.07) is 9.75. The molecule has 1 aromatic rings. The highest BCUT2D eigenvalue weighted by Gasteiger charge is 2.30. The quantitative estimate of drug-likeness (QED) is 0.886. The van der Waals surface area contributed by atoms with Crippen molar-refractivity contribution in [2.45, 2.75) is 25.5 Å². The van der Waals surface area contributed by atoms with Crippen LogP contribution in [0.15, 0.2) is 24.3 Å². The van der Waals surface area contributed by atoms with Crippen molar-refractivity contribution in [2.24, 2.45) is 5.92 Å². The van der Waals surface area contributed by atoms with E-state index in [1.807, 2.05) is 24.3 Å². The van der Waals surface area contributed by atoms with Gasteiger partial charge in [0.25, 0.3) is 0 Å². The molecule has 1 aromatic carbocycles. The largest absolute Gasteiger partial charge is 0.390 e. The standard InChI is InChI=1S/C19H25N3O3/c20-11-16-3-1-2-4-17(16)12-21-7-8-22(14-18(23)13-21)19(24)15-5-9-25-10-6-15/h1-4,15,18,23H,5-10,12-14H2/t18-/m0/s1. The van der Waals surface area contributed by atoms with Gasteiger partial charge in [-0.15, -0.1) is 0 Å². The van der Waals surface area contributed by atoms with Gasteiger partial charge in [0.05, 0.1) is 17.7 Å². The molecule has 0 aromatic heterocycles. The van der Waals surface area contributed by atoms with Crippen LogP contribution in [0.5, 0.6) is 0 Å². The topological polar surface area (TPSA) is 76.8 Å². The number of nitriles is 1. The minimum atomic E-state index is -0.569. The number of benzene rings is 1. The SMILES string of the molecule is N#Cc1ccccc1CN1CCN(C(=O)C2CCOCC2)C[C@@H](O)C1. The average molecular weight is 343 g/mol. The zero-order valence-corrected chi connectivity index (χ0v) is 14.4. The molecule has 0 saturated carbocycles. The predicted molar refractivity (Wildman–Crippen MR) is 92.6 cm³/mol. The summed E-state index contributed by atoms with van der Waals surface area (Å²) in [5.74, 6) is 0.161. The summed E-state index contributed by atoms with van der Waals surface area (Å²) < 4.78 is 5.33. The molecule has 1 N–H and O–H groups in total. The Morgan fingerprint density at radius 1 is 1.24 bits per heavy atom. The van der Waals surface area contributed by atoms with Gasteiger partial charge in [-0.1, -0.05) is 18.2 Å². The molecule has 0 aliphatic carbocycles. The number of hydrogen-bond acceptors (Lipinski definition) is 5. The first-order valence-electron chi connectivity index (χ1n) is 8.92. The fourth-order valence-corrected chi connectivity index (χ4v) is 3.61. The van der Waals surface area contributed by atoms with Crippen LogP contribution in [0.25, 0.3) is 0 Å². The monoisotopic (exact) mass is 343 g/mol. The van der Waals surface area contributed by atoms with E-state index in [-0.39, 0.29) is 11.8 Å². The molecular weight excluding hydrogens is 318 g/mol. The Labute approximate surface area is 148 Å². The third-order valence-electron chi connectivity index (χ3n) is 5.00. The fraction of sp³-hybridized carbons (Fsp3) is 0.579. The number of β-amino-alcohol motifs (C(OH)–C–C–N with tert-alkyl or cyclic N) is 1. The van der Waals surface area contributed by atoms with E-state index < -0.39 is 6.10 Å². The van der Waals surface area contributed by atoms with Crippen molar-refractivity contribution >= 4 is 5.91 Å². The highest BCUT2D eigenvalue weighted by Crippen LogP contribution is 2.19. The normalized spacial score (nSPS) is 23.0. The van der Waals surface area contributed by atoms with Gasteiger partial charge in [0.2, 0.25) is 5.91 Å². The number of amides is 1. The van der Waals surface area contributed by atoms with Crippen molar-refractivity contribution in [3.05, 3.63) is 35.4 Å². The van der Waals surface area contributed by atoms with Crippen LogP contribution in [0, 0.1) is 17.2 Å². The second-order valence-corrected chi connectivity index (χ2v) is 6.83. The summed E-state index contributed by atoms with van der Waals surface area (Å²) in [6.45, 7) is 4.10. The van der Waals surface area contributed by atoms with Gasteiger partial charge < -0.3 is 14.7 Å². The number of carbonyl (C=O) groups excluding carboxylic acids is 1. The van der Waals surface area contributed by atoms with Gasteiger partial charge in [0, 0.05) is 51.9 Å². The van der Waals surface area contributed by atoms with Crippen molar-refractivity contribution in [1.82, 2.24) is 9.80 Å². The Morgan fingerprint density at radius 3 is 2.76 bits per heavy atom. The van der Waals surface area contributed by atoms with Gasteiger partial charge in [0.15, 0.2) is 0 Å². The Hall–Kier alpha value is -1.94. The van der Waals surface area contributed by atoms with Crippen LogP contribution < -0.4 is 0 Å². The van der Waals surface area contributed by atoms with Crippen molar-refractivity contribution in [3.63, 3.8) is 0 Å². The zero-order chi connectivity index (χ0) is 17.6. The second-order valence-electron chi connectivity index (χ2n) is 6.83. The van der Waals surface area contributed by atoms with Gasteiger partial charge in [0.1, 0.15) is 0 Å². The molecular formula is C19H25N3O3. The van der Waals surface area contributed by atoms with Crippen LogP contribution >= 0.6 is 0 Å². The van der Waals surface area contributed by atoms with Crippen LogP contribution in [-0.2, 0) is 16.1 Å². The average Bonchev–Trinajstić information content (AvgIpc) is 2.83. The highest BCUT2D eigenvalue weighted by molar-refractivity contribution is 5.79. The first-order chi connectivity index (χ1) is 12.2. The van der Waals surface area contributed by atoms with E-state index in [9.17, 15) is 15.2 Å². The van der Waals surface area contributed by atoms with Crippen LogP contribution in [0.3, 0.4) is 0 Å². The molecule has 2 aliphatic heterocycles. The maximum atomic E-state index is 12.7. The molecule has 6 heteroatoms. The van der Waals surface area contributed by atoms with Crippen LogP contribution in [0.4, 0.5) is 0 Å². The Bertz CT molecular complexity index is 637. The Balaban J connectivity index is 1.62. The smallest absolute Gasteiger partial charge is 0.225 e. The van der Waals surface area contributed by atoms with Gasteiger partial charge in [-0.05, 0) is 24.5 Å².